The Morgan fingerprint density at radius 2 is 1.78 bits per heavy atom. The van der Waals surface area contributed by atoms with Gasteiger partial charge in [-0.3, -0.25) is 5.43 Å². The first kappa shape index (κ1) is 23.2. The summed E-state index contributed by atoms with van der Waals surface area (Å²) in [5.74, 6) is -3.20. The normalized spacial score (nSPS) is 12.7. The molecular weight excluding hydrogens is 361 g/mol. The number of nitrogens with one attached hydrogen (secondary N) is 2. The van der Waals surface area contributed by atoms with Gasteiger partial charge in [0.15, 0.2) is 11.6 Å². The predicted molar refractivity (Wildman–Crippen MR) is 96.7 cm³/mol. The van der Waals surface area contributed by atoms with Crippen molar-refractivity contribution in [2.75, 3.05) is 13.2 Å². The van der Waals surface area contributed by atoms with Gasteiger partial charge in [-0.2, -0.15) is 0 Å². The SMILES string of the molecule is CCCCOCC[C@@H](Cc1cc(F)c(F)cc1F)NNC(=O)OC(C)(C)C. The van der Waals surface area contributed by atoms with Crippen molar-refractivity contribution in [2.45, 2.75) is 65.0 Å². The Labute approximate surface area is 158 Å². The van der Waals surface area contributed by atoms with E-state index in [1.165, 1.54) is 0 Å². The molecule has 0 heterocycles. The second-order valence-electron chi connectivity index (χ2n) is 7.28. The molecule has 0 bridgehead atoms. The smallest absolute Gasteiger partial charge is 0.422 e. The zero-order chi connectivity index (χ0) is 20.4. The van der Waals surface area contributed by atoms with Crippen LogP contribution >= 0.6 is 0 Å². The number of halogens is 3. The molecule has 1 amide bonds. The molecule has 27 heavy (non-hydrogen) atoms. The fourth-order valence-electron chi connectivity index (χ4n) is 2.25. The largest absolute Gasteiger partial charge is 0.443 e. The average Bonchev–Trinajstić information content (AvgIpc) is 2.55. The lowest BCUT2D eigenvalue weighted by Crippen LogP contribution is -2.47. The summed E-state index contributed by atoms with van der Waals surface area (Å²) in [5.41, 5.74) is 4.49. The summed E-state index contributed by atoms with van der Waals surface area (Å²) in [6, 6.07) is 0.879. The van der Waals surface area contributed by atoms with Crippen LogP contribution in [-0.2, 0) is 15.9 Å². The van der Waals surface area contributed by atoms with Gasteiger partial charge in [0.25, 0.3) is 0 Å². The Morgan fingerprint density at radius 3 is 2.41 bits per heavy atom. The summed E-state index contributed by atoms with van der Waals surface area (Å²) in [5, 5.41) is 0. The first-order valence-electron chi connectivity index (χ1n) is 9.08. The van der Waals surface area contributed by atoms with Crippen molar-refractivity contribution >= 4 is 6.09 Å². The molecule has 0 spiro atoms. The molecule has 0 radical (unpaired) electrons. The zero-order valence-corrected chi connectivity index (χ0v) is 16.3. The Hall–Kier alpha value is -1.80. The third kappa shape index (κ3) is 9.63. The van der Waals surface area contributed by atoms with Gasteiger partial charge in [-0.1, -0.05) is 13.3 Å². The van der Waals surface area contributed by atoms with Crippen LogP contribution in [-0.4, -0.2) is 30.9 Å². The highest BCUT2D eigenvalue weighted by molar-refractivity contribution is 5.67. The molecular formula is C19H29F3N2O3. The van der Waals surface area contributed by atoms with E-state index in [4.69, 9.17) is 9.47 Å². The quantitative estimate of drug-likeness (QED) is 0.356. The van der Waals surface area contributed by atoms with Crippen molar-refractivity contribution < 1.29 is 27.4 Å². The van der Waals surface area contributed by atoms with Gasteiger partial charge in [-0.25, -0.2) is 23.4 Å². The summed E-state index contributed by atoms with van der Waals surface area (Å²) in [6.07, 6.45) is 1.70. The lowest BCUT2D eigenvalue weighted by atomic mass is 10.0. The van der Waals surface area contributed by atoms with Gasteiger partial charge in [0.05, 0.1) is 0 Å². The molecule has 154 valence electrons. The second kappa shape index (κ2) is 11.1. The number of benzene rings is 1. The highest BCUT2D eigenvalue weighted by Crippen LogP contribution is 2.16. The van der Waals surface area contributed by atoms with Crippen molar-refractivity contribution in [3.63, 3.8) is 0 Å². The summed E-state index contributed by atoms with van der Waals surface area (Å²) in [6.45, 7) is 8.19. The lowest BCUT2D eigenvalue weighted by molar-refractivity contribution is 0.0478. The molecule has 1 aromatic carbocycles. The Bertz CT molecular complexity index is 607. The van der Waals surface area contributed by atoms with E-state index in [0.717, 1.165) is 18.9 Å². The Kier molecular flexibility index (Phi) is 9.59. The van der Waals surface area contributed by atoms with Gasteiger partial charge in [0, 0.05) is 25.3 Å². The standard InChI is InChI=1S/C19H29F3N2O3/c1-5-6-8-26-9-7-14(23-24-18(25)27-19(2,3)4)10-13-11-16(21)17(22)12-15(13)20/h11-12,14,23H,5-10H2,1-4H3,(H,24,25)/t14-/m0/s1. The third-order valence-electron chi connectivity index (χ3n) is 3.59. The van der Waals surface area contributed by atoms with Crippen molar-refractivity contribution in [2.24, 2.45) is 0 Å². The molecule has 0 aliphatic carbocycles. The van der Waals surface area contributed by atoms with Gasteiger partial charge in [0.1, 0.15) is 11.4 Å². The van der Waals surface area contributed by atoms with Gasteiger partial charge in [-0.05, 0) is 51.7 Å². The molecule has 1 aromatic rings. The van der Waals surface area contributed by atoms with E-state index >= 15 is 0 Å². The second-order valence-corrected chi connectivity index (χ2v) is 7.28. The molecule has 1 rings (SSSR count). The minimum atomic E-state index is -1.24. The zero-order valence-electron chi connectivity index (χ0n) is 16.3. The minimum absolute atomic E-state index is 0.00551. The molecule has 0 saturated heterocycles. The molecule has 0 saturated carbocycles. The number of carbonyl (C=O) groups is 1. The van der Waals surface area contributed by atoms with E-state index in [-0.39, 0.29) is 12.0 Å². The number of carbonyl (C=O) groups excluding carboxylic acids is 1. The monoisotopic (exact) mass is 390 g/mol. The number of rotatable bonds is 10. The van der Waals surface area contributed by atoms with Crippen molar-refractivity contribution in [1.29, 1.82) is 0 Å². The van der Waals surface area contributed by atoms with Crippen LogP contribution in [0.5, 0.6) is 0 Å². The number of hydrogen-bond acceptors (Lipinski definition) is 4. The van der Waals surface area contributed by atoms with E-state index in [1.54, 1.807) is 20.8 Å². The number of hydrogen-bond donors (Lipinski definition) is 2. The van der Waals surface area contributed by atoms with Gasteiger partial charge >= 0.3 is 6.09 Å². The molecule has 2 N–H and O–H groups in total. The molecule has 0 aliphatic heterocycles. The number of hydrazine groups is 1. The summed E-state index contributed by atoms with van der Waals surface area (Å²) >= 11 is 0. The van der Waals surface area contributed by atoms with Crippen molar-refractivity contribution in [3.8, 4) is 0 Å². The van der Waals surface area contributed by atoms with Crippen LogP contribution < -0.4 is 10.9 Å². The summed E-state index contributed by atoms with van der Waals surface area (Å²) < 4.78 is 51.1. The molecule has 5 nitrogen and oxygen atoms in total. The molecule has 0 unspecified atom stereocenters. The van der Waals surface area contributed by atoms with E-state index < -0.39 is 35.2 Å². The molecule has 0 aliphatic rings. The Morgan fingerprint density at radius 1 is 1.11 bits per heavy atom. The molecule has 0 aromatic heterocycles. The highest BCUT2D eigenvalue weighted by Gasteiger charge is 2.19. The van der Waals surface area contributed by atoms with Gasteiger partial charge < -0.3 is 9.47 Å². The van der Waals surface area contributed by atoms with Gasteiger partial charge in [0.2, 0.25) is 0 Å². The third-order valence-corrected chi connectivity index (χ3v) is 3.59. The van der Waals surface area contributed by atoms with E-state index in [1.807, 2.05) is 6.92 Å². The fourth-order valence-corrected chi connectivity index (χ4v) is 2.25. The van der Waals surface area contributed by atoms with Crippen LogP contribution in [0, 0.1) is 17.5 Å². The minimum Gasteiger partial charge on any atom is -0.443 e. The lowest BCUT2D eigenvalue weighted by Gasteiger charge is -2.23. The first-order chi connectivity index (χ1) is 12.6. The molecule has 1 atom stereocenters. The molecule has 0 fully saturated rings. The maximum absolute atomic E-state index is 13.9. The van der Waals surface area contributed by atoms with Crippen LogP contribution in [0.25, 0.3) is 0 Å². The number of ether oxygens (including phenoxy) is 2. The number of amides is 1. The van der Waals surface area contributed by atoms with Crippen LogP contribution in [0.3, 0.4) is 0 Å². The van der Waals surface area contributed by atoms with E-state index in [2.05, 4.69) is 10.9 Å². The van der Waals surface area contributed by atoms with Crippen molar-refractivity contribution in [1.82, 2.24) is 10.9 Å². The maximum Gasteiger partial charge on any atom is 0.422 e. The maximum atomic E-state index is 13.9. The van der Waals surface area contributed by atoms with E-state index in [0.29, 0.717) is 25.7 Å². The number of unbranched alkanes of at least 4 members (excludes halogenated alkanes) is 1. The highest BCUT2D eigenvalue weighted by atomic mass is 19.2. The van der Waals surface area contributed by atoms with Crippen LogP contribution in [0.15, 0.2) is 12.1 Å². The summed E-state index contributed by atoms with van der Waals surface area (Å²) in [7, 11) is 0. The van der Waals surface area contributed by atoms with Crippen LogP contribution in [0.2, 0.25) is 0 Å². The summed E-state index contributed by atoms with van der Waals surface area (Å²) in [4.78, 5) is 11.8. The van der Waals surface area contributed by atoms with Crippen LogP contribution in [0.4, 0.5) is 18.0 Å². The van der Waals surface area contributed by atoms with E-state index in [9.17, 15) is 18.0 Å². The average molecular weight is 390 g/mol. The first-order valence-corrected chi connectivity index (χ1v) is 9.08. The topological polar surface area (TPSA) is 59.6 Å². The van der Waals surface area contributed by atoms with Crippen LogP contribution in [0.1, 0.15) is 52.5 Å². The Balaban J connectivity index is 2.69. The molecule has 8 heteroatoms. The fraction of sp³-hybridized carbons (Fsp3) is 0.632. The van der Waals surface area contributed by atoms with Gasteiger partial charge in [-0.15, -0.1) is 0 Å². The van der Waals surface area contributed by atoms with Crippen molar-refractivity contribution in [3.05, 3.63) is 35.1 Å². The predicted octanol–water partition coefficient (Wildman–Crippen LogP) is 4.25.